The summed E-state index contributed by atoms with van der Waals surface area (Å²) in [6, 6.07) is 18.4. The van der Waals surface area contributed by atoms with Gasteiger partial charge in [-0.2, -0.15) is 4.31 Å². The molecule has 0 amide bonds. The molecule has 3 aromatic carbocycles. The lowest BCUT2D eigenvalue weighted by atomic mass is 10.1. The molecule has 1 N–H and O–H groups in total. The molecule has 0 aliphatic carbocycles. The number of phenolic OH excluding ortho intramolecular Hbond substituents is 1. The lowest BCUT2D eigenvalue weighted by Gasteiger charge is -2.34. The van der Waals surface area contributed by atoms with Gasteiger partial charge in [0.2, 0.25) is 10.0 Å². The maximum atomic E-state index is 13.1. The molecule has 1 saturated heterocycles. The van der Waals surface area contributed by atoms with Gasteiger partial charge in [-0.3, -0.25) is 4.90 Å². The van der Waals surface area contributed by atoms with Crippen molar-refractivity contribution < 1.29 is 13.5 Å². The minimum atomic E-state index is -3.51. The molecule has 0 atom stereocenters. The van der Waals surface area contributed by atoms with Gasteiger partial charge in [0.15, 0.2) is 0 Å². The fourth-order valence-corrected chi connectivity index (χ4v) is 5.39. The number of nitrogens with zero attached hydrogens (tertiary/aromatic N) is 2. The summed E-state index contributed by atoms with van der Waals surface area (Å²) in [4.78, 5) is 2.50. The number of phenols is 1. The minimum absolute atomic E-state index is 0.259. The molecule has 0 unspecified atom stereocenters. The molecule has 0 aromatic heterocycles. The van der Waals surface area contributed by atoms with Gasteiger partial charge in [0.1, 0.15) is 5.75 Å². The molecule has 1 aliphatic rings. The fourth-order valence-electron chi connectivity index (χ4n) is 3.53. The summed E-state index contributed by atoms with van der Waals surface area (Å²) < 4.78 is 28.6. The highest BCUT2D eigenvalue weighted by Gasteiger charge is 2.28. The van der Waals surface area contributed by atoms with Crippen LogP contribution in [0.3, 0.4) is 0 Å². The second-order valence-corrected chi connectivity index (χ2v) is 9.82. The molecule has 4 rings (SSSR count). The molecular formula is C21H21BrN2O3S. The zero-order chi connectivity index (χ0) is 19.7. The van der Waals surface area contributed by atoms with Gasteiger partial charge in [-0.1, -0.05) is 46.3 Å². The van der Waals surface area contributed by atoms with Crippen LogP contribution >= 0.6 is 15.9 Å². The molecular weight excluding hydrogens is 440 g/mol. The number of halogens is 1. The average Bonchev–Trinajstić information content (AvgIpc) is 2.71. The molecule has 0 radical (unpaired) electrons. The molecule has 1 heterocycles. The molecule has 1 aliphatic heterocycles. The normalized spacial score (nSPS) is 16.5. The topological polar surface area (TPSA) is 60.9 Å². The van der Waals surface area contributed by atoms with Gasteiger partial charge >= 0.3 is 0 Å². The Morgan fingerprint density at radius 1 is 0.893 bits per heavy atom. The molecule has 0 spiro atoms. The van der Waals surface area contributed by atoms with Crippen LogP contribution in [0.1, 0.15) is 5.56 Å². The number of rotatable bonds is 4. The maximum absolute atomic E-state index is 13.1. The van der Waals surface area contributed by atoms with E-state index in [2.05, 4.69) is 20.8 Å². The molecule has 146 valence electrons. The van der Waals surface area contributed by atoms with Crippen molar-refractivity contribution in [2.75, 3.05) is 26.2 Å². The molecule has 3 aromatic rings. The van der Waals surface area contributed by atoms with Crippen LogP contribution < -0.4 is 0 Å². The van der Waals surface area contributed by atoms with Gasteiger partial charge < -0.3 is 5.11 Å². The third kappa shape index (κ3) is 3.93. The molecule has 0 bridgehead atoms. The van der Waals surface area contributed by atoms with Crippen LogP contribution in [-0.4, -0.2) is 48.9 Å². The first-order valence-corrected chi connectivity index (χ1v) is 11.4. The van der Waals surface area contributed by atoms with Crippen LogP contribution in [-0.2, 0) is 16.6 Å². The van der Waals surface area contributed by atoms with Crippen molar-refractivity contribution in [1.29, 1.82) is 0 Å². The first-order chi connectivity index (χ1) is 13.4. The Bertz CT molecular complexity index is 1110. The number of hydrogen-bond acceptors (Lipinski definition) is 4. The van der Waals surface area contributed by atoms with Crippen LogP contribution in [0, 0.1) is 0 Å². The first-order valence-electron chi connectivity index (χ1n) is 9.12. The van der Waals surface area contributed by atoms with E-state index in [9.17, 15) is 13.5 Å². The molecule has 1 fully saturated rings. The van der Waals surface area contributed by atoms with E-state index in [-0.39, 0.29) is 5.75 Å². The summed E-state index contributed by atoms with van der Waals surface area (Å²) in [6.07, 6.45) is 0. The Balaban J connectivity index is 1.46. The van der Waals surface area contributed by atoms with E-state index in [1.54, 1.807) is 28.6 Å². The third-order valence-electron chi connectivity index (χ3n) is 5.13. The molecule has 7 heteroatoms. The Labute approximate surface area is 173 Å². The predicted molar refractivity (Wildman–Crippen MR) is 114 cm³/mol. The Hall–Kier alpha value is -1.93. The van der Waals surface area contributed by atoms with Gasteiger partial charge in [0, 0.05) is 42.8 Å². The average molecular weight is 461 g/mol. The van der Waals surface area contributed by atoms with E-state index in [0.717, 1.165) is 20.8 Å². The van der Waals surface area contributed by atoms with Crippen molar-refractivity contribution >= 4 is 36.7 Å². The number of piperazine rings is 1. The van der Waals surface area contributed by atoms with Crippen LogP contribution in [0.5, 0.6) is 5.75 Å². The molecule has 5 nitrogen and oxygen atoms in total. The van der Waals surface area contributed by atoms with Gasteiger partial charge in [-0.05, 0) is 41.1 Å². The fraction of sp³-hybridized carbons (Fsp3) is 0.238. The van der Waals surface area contributed by atoms with Crippen molar-refractivity contribution in [3.05, 3.63) is 70.7 Å². The first kappa shape index (κ1) is 19.4. The monoisotopic (exact) mass is 460 g/mol. The van der Waals surface area contributed by atoms with Crippen LogP contribution in [0.4, 0.5) is 0 Å². The summed E-state index contributed by atoms with van der Waals surface area (Å²) in [5.41, 5.74) is 0.834. The third-order valence-corrected chi connectivity index (χ3v) is 7.51. The largest absolute Gasteiger partial charge is 0.508 e. The molecule has 28 heavy (non-hydrogen) atoms. The van der Waals surface area contributed by atoms with E-state index in [4.69, 9.17) is 0 Å². The Morgan fingerprint density at radius 3 is 2.36 bits per heavy atom. The van der Waals surface area contributed by atoms with Gasteiger partial charge in [0.05, 0.1) is 4.90 Å². The summed E-state index contributed by atoms with van der Waals surface area (Å²) in [7, 11) is -3.51. The zero-order valence-electron chi connectivity index (χ0n) is 15.3. The summed E-state index contributed by atoms with van der Waals surface area (Å²) in [5.74, 6) is 0.259. The highest BCUT2D eigenvalue weighted by molar-refractivity contribution is 9.10. The zero-order valence-corrected chi connectivity index (χ0v) is 17.7. The number of hydrogen-bond donors (Lipinski definition) is 1. The minimum Gasteiger partial charge on any atom is -0.508 e. The van der Waals surface area contributed by atoms with E-state index in [1.807, 2.05) is 36.4 Å². The van der Waals surface area contributed by atoms with E-state index < -0.39 is 10.0 Å². The lowest BCUT2D eigenvalue weighted by molar-refractivity contribution is 0.180. The predicted octanol–water partition coefficient (Wildman–Crippen LogP) is 3.81. The second-order valence-electron chi connectivity index (χ2n) is 6.96. The number of sulfonamides is 1. The van der Waals surface area contributed by atoms with Gasteiger partial charge in [0.25, 0.3) is 0 Å². The highest BCUT2D eigenvalue weighted by atomic mass is 79.9. The van der Waals surface area contributed by atoms with Crippen LogP contribution in [0.15, 0.2) is 70.0 Å². The van der Waals surface area contributed by atoms with Gasteiger partial charge in [-0.25, -0.2) is 8.42 Å². The number of benzene rings is 3. The van der Waals surface area contributed by atoms with Gasteiger partial charge in [-0.15, -0.1) is 0 Å². The van der Waals surface area contributed by atoms with E-state index in [1.165, 1.54) is 0 Å². The summed E-state index contributed by atoms with van der Waals surface area (Å²) in [6.45, 7) is 2.71. The van der Waals surface area contributed by atoms with Crippen molar-refractivity contribution in [2.24, 2.45) is 0 Å². The number of fused-ring (bicyclic) bond motifs is 1. The van der Waals surface area contributed by atoms with Crippen molar-refractivity contribution in [2.45, 2.75) is 11.4 Å². The second kappa shape index (κ2) is 7.83. The SMILES string of the molecule is O=S(=O)(c1ccc2ccccc2c1)N1CCN(Cc2cc(Br)ccc2O)CC1. The highest BCUT2D eigenvalue weighted by Crippen LogP contribution is 2.26. The summed E-state index contributed by atoms with van der Waals surface area (Å²) >= 11 is 3.42. The van der Waals surface area contributed by atoms with Crippen LogP contribution in [0.25, 0.3) is 10.8 Å². The number of aromatic hydroxyl groups is 1. The lowest BCUT2D eigenvalue weighted by Crippen LogP contribution is -2.48. The van der Waals surface area contributed by atoms with Crippen molar-refractivity contribution in [1.82, 2.24) is 9.21 Å². The Kier molecular flexibility index (Phi) is 5.42. The Morgan fingerprint density at radius 2 is 1.61 bits per heavy atom. The summed E-state index contributed by atoms with van der Waals surface area (Å²) in [5, 5.41) is 12.0. The van der Waals surface area contributed by atoms with E-state index >= 15 is 0 Å². The maximum Gasteiger partial charge on any atom is 0.243 e. The molecule has 0 saturated carbocycles. The van der Waals surface area contributed by atoms with E-state index in [0.29, 0.717) is 37.6 Å². The van der Waals surface area contributed by atoms with Crippen LogP contribution in [0.2, 0.25) is 0 Å². The standard InChI is InChI=1S/C21H21BrN2O3S/c22-19-6-8-21(25)18(13-19)15-23-9-11-24(12-10-23)28(26,27)20-7-5-16-3-1-2-4-17(16)14-20/h1-8,13-14,25H,9-12,15H2. The smallest absolute Gasteiger partial charge is 0.243 e. The van der Waals surface area contributed by atoms with Crippen molar-refractivity contribution in [3.8, 4) is 5.75 Å². The van der Waals surface area contributed by atoms with Crippen molar-refractivity contribution in [3.63, 3.8) is 0 Å². The quantitative estimate of drug-likeness (QED) is 0.642.